The first-order valence-electron chi connectivity index (χ1n) is 14.5. The molecular formula is C32H39N3O12. The van der Waals surface area contributed by atoms with E-state index < -0.39 is 22.9 Å². The van der Waals surface area contributed by atoms with Gasteiger partial charge in [0.2, 0.25) is 0 Å². The second-order valence-electron chi connectivity index (χ2n) is 10.6. The Morgan fingerprint density at radius 2 is 1.23 bits per heavy atom. The third-order valence-corrected chi connectivity index (χ3v) is 6.85. The van der Waals surface area contributed by atoms with Gasteiger partial charge in [-0.25, -0.2) is 14.5 Å². The number of nitrogens with zero attached hydrogens (tertiary/aromatic N) is 3. The van der Waals surface area contributed by atoms with E-state index in [0.717, 1.165) is 5.56 Å². The van der Waals surface area contributed by atoms with Crippen molar-refractivity contribution in [3.63, 3.8) is 0 Å². The number of hydrogen-bond acceptors (Lipinski definition) is 14. The van der Waals surface area contributed by atoms with Gasteiger partial charge in [0.05, 0.1) is 43.2 Å². The minimum atomic E-state index is -0.902. The van der Waals surface area contributed by atoms with Crippen LogP contribution in [0.25, 0.3) is 0 Å². The van der Waals surface area contributed by atoms with Crippen molar-refractivity contribution < 1.29 is 59.1 Å². The molecule has 0 fully saturated rings. The first-order valence-corrected chi connectivity index (χ1v) is 14.5. The van der Waals surface area contributed by atoms with Gasteiger partial charge in [-0.3, -0.25) is 30.4 Å². The van der Waals surface area contributed by atoms with E-state index in [1.807, 2.05) is 26.0 Å². The standard InChI is InChI=1S/C32H39N3O12/c1-22(2)33(31(37)26-11-4-24(5-12-26)19-45-34(39)40)18-29(21-44-28-15-8-23(9-16-28)10-17-30(36)43-3)47-32(38)27-13-6-25(7-14-27)20-46-35(41)42/h4-9,11-16,22,29,39-42H,10,17-21H2,1-3H3. The summed E-state index contributed by atoms with van der Waals surface area (Å²) in [6, 6.07) is 19.3. The minimum absolute atomic E-state index is 0.0109. The molecule has 0 heterocycles. The zero-order chi connectivity index (χ0) is 34.3. The number of esters is 2. The zero-order valence-electron chi connectivity index (χ0n) is 26.2. The number of amides is 1. The summed E-state index contributed by atoms with van der Waals surface area (Å²) in [7, 11) is 1.33. The van der Waals surface area contributed by atoms with Gasteiger partial charge in [0, 0.05) is 18.0 Å². The van der Waals surface area contributed by atoms with Crippen LogP contribution in [0.15, 0.2) is 72.8 Å². The predicted octanol–water partition coefficient (Wildman–Crippen LogP) is 3.97. The van der Waals surface area contributed by atoms with Gasteiger partial charge in [-0.15, -0.1) is 0 Å². The van der Waals surface area contributed by atoms with E-state index in [2.05, 4.69) is 14.4 Å². The molecule has 0 radical (unpaired) electrons. The van der Waals surface area contributed by atoms with Gasteiger partial charge >= 0.3 is 11.9 Å². The smallest absolute Gasteiger partial charge is 0.338 e. The summed E-state index contributed by atoms with van der Waals surface area (Å²) >= 11 is 0. The Labute approximate surface area is 271 Å². The molecule has 3 aromatic rings. The average Bonchev–Trinajstić information content (AvgIpc) is 3.06. The number of benzene rings is 3. The SMILES string of the molecule is COC(=O)CCc1ccc(OCC(CN(C(=O)c2ccc(CON(O)O)cc2)C(C)C)OC(=O)c2ccc(CON(O)O)cc2)cc1. The van der Waals surface area contributed by atoms with E-state index in [4.69, 9.17) is 30.3 Å². The molecule has 47 heavy (non-hydrogen) atoms. The highest BCUT2D eigenvalue weighted by atomic mass is 17.1. The maximum atomic E-state index is 13.6. The maximum absolute atomic E-state index is 13.6. The zero-order valence-corrected chi connectivity index (χ0v) is 26.2. The van der Waals surface area contributed by atoms with Gasteiger partial charge < -0.3 is 19.1 Å². The Bertz CT molecular complexity index is 1410. The summed E-state index contributed by atoms with van der Waals surface area (Å²) in [4.78, 5) is 49.0. The van der Waals surface area contributed by atoms with Crippen LogP contribution in [0.5, 0.6) is 5.75 Å². The highest BCUT2D eigenvalue weighted by Gasteiger charge is 2.26. The van der Waals surface area contributed by atoms with Crippen LogP contribution < -0.4 is 4.74 Å². The van der Waals surface area contributed by atoms with Crippen molar-refractivity contribution in [2.45, 2.75) is 52.0 Å². The molecular weight excluding hydrogens is 618 g/mol. The van der Waals surface area contributed by atoms with Crippen molar-refractivity contribution in [1.82, 2.24) is 15.7 Å². The Hall–Kier alpha value is -4.45. The van der Waals surface area contributed by atoms with Crippen molar-refractivity contribution in [2.24, 2.45) is 0 Å². The van der Waals surface area contributed by atoms with Crippen LogP contribution in [-0.4, -0.2) is 86.8 Å². The number of carbonyl (C=O) groups excluding carboxylic acids is 3. The fourth-order valence-electron chi connectivity index (χ4n) is 4.29. The number of hydrogen-bond donors (Lipinski definition) is 4. The molecule has 3 aromatic carbocycles. The fourth-order valence-corrected chi connectivity index (χ4v) is 4.29. The summed E-state index contributed by atoms with van der Waals surface area (Å²) in [5.74, 6) is -0.824. The molecule has 0 aliphatic carbocycles. The quantitative estimate of drug-likeness (QED) is 0.114. The van der Waals surface area contributed by atoms with Gasteiger partial charge in [-0.05, 0) is 73.4 Å². The van der Waals surface area contributed by atoms with E-state index in [-0.39, 0.29) is 56.3 Å². The van der Waals surface area contributed by atoms with Crippen LogP contribution in [0.3, 0.4) is 0 Å². The van der Waals surface area contributed by atoms with Gasteiger partial charge in [0.1, 0.15) is 12.4 Å². The summed E-state index contributed by atoms with van der Waals surface area (Å²) in [6.07, 6.45) is -0.165. The molecule has 0 aliphatic heterocycles. The van der Waals surface area contributed by atoms with Crippen molar-refractivity contribution in [2.75, 3.05) is 20.3 Å². The molecule has 1 atom stereocenters. The molecule has 1 unspecified atom stereocenters. The van der Waals surface area contributed by atoms with E-state index in [1.54, 1.807) is 53.4 Å². The fraction of sp³-hybridized carbons (Fsp3) is 0.344. The Balaban J connectivity index is 1.76. The first kappa shape index (κ1) is 37.0. The molecule has 15 nitrogen and oxygen atoms in total. The van der Waals surface area contributed by atoms with Gasteiger partial charge in [-0.2, -0.15) is 0 Å². The molecule has 1 amide bonds. The Kier molecular flexibility index (Phi) is 14.7. The highest BCUT2D eigenvalue weighted by molar-refractivity contribution is 5.94. The molecule has 3 rings (SSSR count). The van der Waals surface area contributed by atoms with Crippen LogP contribution in [-0.2, 0) is 43.6 Å². The normalized spacial score (nSPS) is 11.9. The molecule has 15 heteroatoms. The molecule has 0 bridgehead atoms. The van der Waals surface area contributed by atoms with Crippen LogP contribution in [0.1, 0.15) is 57.7 Å². The summed E-state index contributed by atoms with van der Waals surface area (Å²) in [5.41, 5.74) is 2.62. The van der Waals surface area contributed by atoms with Gasteiger partial charge in [0.25, 0.3) is 5.91 Å². The van der Waals surface area contributed by atoms with E-state index in [1.165, 1.54) is 19.2 Å². The monoisotopic (exact) mass is 657 g/mol. The van der Waals surface area contributed by atoms with Gasteiger partial charge in [-0.1, -0.05) is 36.4 Å². The third kappa shape index (κ3) is 12.7. The maximum Gasteiger partial charge on any atom is 0.338 e. The lowest BCUT2D eigenvalue weighted by molar-refractivity contribution is -0.497. The van der Waals surface area contributed by atoms with Crippen molar-refractivity contribution in [3.8, 4) is 5.75 Å². The number of ether oxygens (including phenoxy) is 3. The number of methoxy groups -OCH3 is 1. The number of rotatable bonds is 18. The average molecular weight is 658 g/mol. The van der Waals surface area contributed by atoms with E-state index in [0.29, 0.717) is 28.9 Å². The van der Waals surface area contributed by atoms with E-state index in [9.17, 15) is 14.4 Å². The Morgan fingerprint density at radius 1 is 0.723 bits per heavy atom. The highest BCUT2D eigenvalue weighted by Crippen LogP contribution is 2.18. The second-order valence-corrected chi connectivity index (χ2v) is 10.6. The second kappa shape index (κ2) is 18.6. The molecule has 0 aromatic heterocycles. The molecule has 4 N–H and O–H groups in total. The molecule has 0 saturated carbocycles. The number of carbonyl (C=O) groups is 3. The molecule has 0 aliphatic rings. The molecule has 254 valence electrons. The van der Waals surface area contributed by atoms with Crippen LogP contribution in [0.4, 0.5) is 0 Å². The first-order chi connectivity index (χ1) is 22.4. The lowest BCUT2D eigenvalue weighted by Crippen LogP contribution is -2.45. The van der Waals surface area contributed by atoms with Crippen molar-refractivity contribution in [3.05, 3.63) is 101 Å². The lowest BCUT2D eigenvalue weighted by atomic mass is 10.1. The largest absolute Gasteiger partial charge is 0.490 e. The van der Waals surface area contributed by atoms with Crippen LogP contribution in [0.2, 0.25) is 0 Å². The van der Waals surface area contributed by atoms with Crippen molar-refractivity contribution in [1.29, 1.82) is 0 Å². The van der Waals surface area contributed by atoms with Crippen molar-refractivity contribution >= 4 is 17.8 Å². The van der Waals surface area contributed by atoms with Crippen LogP contribution in [0, 0.1) is 0 Å². The molecule has 0 saturated heterocycles. The minimum Gasteiger partial charge on any atom is -0.490 e. The number of aryl methyl sites for hydroxylation is 1. The summed E-state index contributed by atoms with van der Waals surface area (Å²) < 4.78 is 16.5. The topological polar surface area (TPSA) is 188 Å². The summed E-state index contributed by atoms with van der Waals surface area (Å²) in [5, 5.41) is 34.2. The van der Waals surface area contributed by atoms with Gasteiger partial charge in [0.15, 0.2) is 6.10 Å². The molecule has 0 spiro atoms. The van der Waals surface area contributed by atoms with Crippen LogP contribution >= 0.6 is 0 Å². The third-order valence-electron chi connectivity index (χ3n) is 6.85. The Morgan fingerprint density at radius 3 is 1.72 bits per heavy atom. The predicted molar refractivity (Wildman–Crippen MR) is 161 cm³/mol. The lowest BCUT2D eigenvalue weighted by Gasteiger charge is -2.31. The summed E-state index contributed by atoms with van der Waals surface area (Å²) in [6.45, 7) is 3.26. The van der Waals surface area contributed by atoms with E-state index >= 15 is 0 Å².